The van der Waals surface area contributed by atoms with Crippen molar-refractivity contribution in [3.8, 4) is 5.75 Å². The number of rotatable bonds is 5. The van der Waals surface area contributed by atoms with Crippen LogP contribution in [0.25, 0.3) is 0 Å². The first-order chi connectivity index (χ1) is 7.60. The molecule has 0 saturated carbocycles. The van der Waals surface area contributed by atoms with E-state index in [1.54, 1.807) is 0 Å². The molecule has 4 nitrogen and oxygen atoms in total. The molecule has 88 valence electrons. The van der Waals surface area contributed by atoms with Gasteiger partial charge in [-0.2, -0.15) is 0 Å². The van der Waals surface area contributed by atoms with Gasteiger partial charge in [0.15, 0.2) is 17.3 Å². The van der Waals surface area contributed by atoms with E-state index < -0.39 is 5.82 Å². The Hall–Kier alpha value is -1.62. The number of halogens is 1. The van der Waals surface area contributed by atoms with Crippen LogP contribution in [0.15, 0.2) is 12.1 Å². The highest BCUT2D eigenvalue weighted by Crippen LogP contribution is 2.25. The van der Waals surface area contributed by atoms with Crippen molar-refractivity contribution < 1.29 is 19.0 Å². The lowest BCUT2D eigenvalue weighted by Gasteiger charge is -2.08. The number of Topliss-reactive ketones (excluding diaryl/α,β-unsaturated/α-hetero) is 1. The average Bonchev–Trinajstić information content (AvgIpc) is 2.26. The highest BCUT2D eigenvalue weighted by Gasteiger charge is 2.14. The summed E-state index contributed by atoms with van der Waals surface area (Å²) < 4.78 is 18.0. The third-order valence-electron chi connectivity index (χ3n) is 2.19. The molecule has 0 amide bonds. The van der Waals surface area contributed by atoms with Gasteiger partial charge in [-0.3, -0.25) is 4.79 Å². The Morgan fingerprint density at radius 2 is 2.25 bits per heavy atom. The summed E-state index contributed by atoms with van der Waals surface area (Å²) >= 11 is 0. The van der Waals surface area contributed by atoms with Crippen molar-refractivity contribution in [1.82, 2.24) is 0 Å². The van der Waals surface area contributed by atoms with Gasteiger partial charge in [-0.15, -0.1) is 0 Å². The zero-order valence-corrected chi connectivity index (χ0v) is 9.00. The second-order valence-electron chi connectivity index (χ2n) is 3.32. The van der Waals surface area contributed by atoms with Crippen molar-refractivity contribution in [2.45, 2.75) is 12.8 Å². The largest absolute Gasteiger partial charge is 0.494 e. The van der Waals surface area contributed by atoms with E-state index in [4.69, 9.17) is 15.6 Å². The topological polar surface area (TPSA) is 72.5 Å². The molecule has 5 heteroatoms. The summed E-state index contributed by atoms with van der Waals surface area (Å²) in [5.41, 5.74) is 5.85. The number of nitrogen functional groups attached to an aromatic ring is 1. The number of anilines is 1. The molecule has 0 saturated heterocycles. The predicted octanol–water partition coefficient (Wildman–Crippen LogP) is 1.37. The summed E-state index contributed by atoms with van der Waals surface area (Å²) in [7, 11) is 1.32. The number of ether oxygens (including phenoxy) is 1. The Balaban J connectivity index is 2.99. The van der Waals surface area contributed by atoms with Crippen LogP contribution >= 0.6 is 0 Å². The minimum absolute atomic E-state index is 0.0125. The molecule has 0 aliphatic heterocycles. The number of hydrogen-bond donors (Lipinski definition) is 2. The molecular weight excluding hydrogens is 213 g/mol. The van der Waals surface area contributed by atoms with Crippen LogP contribution in [0.4, 0.5) is 10.1 Å². The van der Waals surface area contributed by atoms with Crippen LogP contribution in [0.1, 0.15) is 23.2 Å². The molecule has 0 atom stereocenters. The van der Waals surface area contributed by atoms with Gasteiger partial charge in [0.05, 0.1) is 7.11 Å². The van der Waals surface area contributed by atoms with Gasteiger partial charge in [0.2, 0.25) is 0 Å². The van der Waals surface area contributed by atoms with Gasteiger partial charge in [0, 0.05) is 30.3 Å². The standard InChI is InChI=1S/C11H14FNO3/c1-16-11-5-7(9(13)6-8(11)12)10(15)3-2-4-14/h5-6,14H,2-4,13H2,1H3. The number of aliphatic hydroxyl groups is 1. The van der Waals surface area contributed by atoms with Gasteiger partial charge in [-0.25, -0.2) is 4.39 Å². The smallest absolute Gasteiger partial charge is 0.167 e. The van der Waals surface area contributed by atoms with Crippen LogP contribution in [0.5, 0.6) is 5.75 Å². The van der Waals surface area contributed by atoms with Crippen molar-refractivity contribution in [3.05, 3.63) is 23.5 Å². The third-order valence-corrected chi connectivity index (χ3v) is 2.19. The van der Waals surface area contributed by atoms with Crippen molar-refractivity contribution in [2.75, 3.05) is 19.5 Å². The summed E-state index contributed by atoms with van der Waals surface area (Å²) in [6.45, 7) is -0.0655. The molecule has 1 aromatic carbocycles. The zero-order chi connectivity index (χ0) is 12.1. The van der Waals surface area contributed by atoms with Crippen LogP contribution in [-0.2, 0) is 0 Å². The highest BCUT2D eigenvalue weighted by molar-refractivity contribution is 6.01. The lowest BCUT2D eigenvalue weighted by molar-refractivity contribution is 0.0971. The number of carbonyl (C=O) groups excluding carboxylic acids is 1. The minimum Gasteiger partial charge on any atom is -0.494 e. The summed E-state index contributed by atoms with van der Waals surface area (Å²) in [5, 5.41) is 8.61. The third kappa shape index (κ3) is 2.70. The molecule has 0 spiro atoms. The SMILES string of the molecule is COc1cc(C(=O)CCCO)c(N)cc1F. The van der Waals surface area contributed by atoms with E-state index in [1.807, 2.05) is 0 Å². The number of nitrogens with two attached hydrogens (primary N) is 1. The molecule has 0 unspecified atom stereocenters. The van der Waals surface area contributed by atoms with Gasteiger partial charge in [-0.1, -0.05) is 0 Å². The summed E-state index contributed by atoms with van der Waals surface area (Å²) in [6.07, 6.45) is 0.535. The molecular formula is C11H14FNO3. The Morgan fingerprint density at radius 1 is 1.56 bits per heavy atom. The number of methoxy groups -OCH3 is 1. The second kappa shape index (κ2) is 5.46. The van der Waals surface area contributed by atoms with Crippen LogP contribution < -0.4 is 10.5 Å². The van der Waals surface area contributed by atoms with E-state index in [0.717, 1.165) is 6.07 Å². The fourth-order valence-corrected chi connectivity index (χ4v) is 1.34. The first-order valence-corrected chi connectivity index (χ1v) is 4.87. The Kier molecular flexibility index (Phi) is 4.25. The molecule has 0 bridgehead atoms. The van der Waals surface area contributed by atoms with Gasteiger partial charge >= 0.3 is 0 Å². The second-order valence-corrected chi connectivity index (χ2v) is 3.32. The van der Waals surface area contributed by atoms with E-state index in [0.29, 0.717) is 6.42 Å². The Bertz CT molecular complexity index is 393. The van der Waals surface area contributed by atoms with Crippen molar-refractivity contribution >= 4 is 11.5 Å². The lowest BCUT2D eigenvalue weighted by Crippen LogP contribution is -2.06. The number of aliphatic hydroxyl groups excluding tert-OH is 1. The summed E-state index contributed by atoms with van der Waals surface area (Å²) in [5.74, 6) is -0.842. The Morgan fingerprint density at radius 3 is 2.81 bits per heavy atom. The quantitative estimate of drug-likeness (QED) is 0.588. The average molecular weight is 227 g/mol. The summed E-state index contributed by atoms with van der Waals surface area (Å²) in [4.78, 5) is 11.6. The molecule has 0 aliphatic rings. The van der Waals surface area contributed by atoms with E-state index in [1.165, 1.54) is 13.2 Å². The van der Waals surface area contributed by atoms with Crippen LogP contribution in [0.2, 0.25) is 0 Å². The molecule has 0 heterocycles. The van der Waals surface area contributed by atoms with Crippen molar-refractivity contribution in [3.63, 3.8) is 0 Å². The number of benzene rings is 1. The van der Waals surface area contributed by atoms with E-state index in [2.05, 4.69) is 0 Å². The van der Waals surface area contributed by atoms with E-state index in [-0.39, 0.29) is 35.8 Å². The van der Waals surface area contributed by atoms with E-state index in [9.17, 15) is 9.18 Å². The summed E-state index contributed by atoms with van der Waals surface area (Å²) in [6, 6.07) is 2.34. The number of ketones is 1. The molecule has 0 fully saturated rings. The molecule has 0 aromatic heterocycles. The molecule has 1 aromatic rings. The van der Waals surface area contributed by atoms with Crippen LogP contribution in [0.3, 0.4) is 0 Å². The monoisotopic (exact) mass is 227 g/mol. The maximum atomic E-state index is 13.2. The zero-order valence-electron chi connectivity index (χ0n) is 9.00. The van der Waals surface area contributed by atoms with Gasteiger partial charge in [-0.05, 0) is 12.5 Å². The van der Waals surface area contributed by atoms with E-state index >= 15 is 0 Å². The highest BCUT2D eigenvalue weighted by atomic mass is 19.1. The number of carbonyl (C=O) groups is 1. The maximum absolute atomic E-state index is 13.2. The molecule has 16 heavy (non-hydrogen) atoms. The first-order valence-electron chi connectivity index (χ1n) is 4.87. The fourth-order valence-electron chi connectivity index (χ4n) is 1.34. The molecule has 0 radical (unpaired) electrons. The lowest BCUT2D eigenvalue weighted by atomic mass is 10.0. The predicted molar refractivity (Wildman–Crippen MR) is 58.0 cm³/mol. The molecule has 0 aliphatic carbocycles. The van der Waals surface area contributed by atoms with Crippen molar-refractivity contribution in [2.24, 2.45) is 0 Å². The van der Waals surface area contributed by atoms with Gasteiger partial charge < -0.3 is 15.6 Å². The van der Waals surface area contributed by atoms with Crippen molar-refractivity contribution in [1.29, 1.82) is 0 Å². The number of hydrogen-bond acceptors (Lipinski definition) is 4. The van der Waals surface area contributed by atoms with Gasteiger partial charge in [0.25, 0.3) is 0 Å². The Labute approximate surface area is 92.8 Å². The molecule has 1 rings (SSSR count). The first kappa shape index (κ1) is 12.4. The van der Waals surface area contributed by atoms with Crippen LogP contribution in [-0.4, -0.2) is 24.6 Å². The fraction of sp³-hybridized carbons (Fsp3) is 0.364. The van der Waals surface area contributed by atoms with Crippen LogP contribution in [0, 0.1) is 5.82 Å². The normalized spacial score (nSPS) is 10.2. The minimum atomic E-state index is -0.598. The maximum Gasteiger partial charge on any atom is 0.167 e. The molecule has 3 N–H and O–H groups in total. The van der Waals surface area contributed by atoms with Gasteiger partial charge in [0.1, 0.15) is 0 Å².